The van der Waals surface area contributed by atoms with Crippen LogP contribution in [0.4, 0.5) is 0 Å². The highest BCUT2D eigenvalue weighted by atomic mass is 35.5. The van der Waals surface area contributed by atoms with Crippen LogP contribution in [0.5, 0.6) is 0 Å². The molecule has 0 atom stereocenters. The van der Waals surface area contributed by atoms with Crippen molar-refractivity contribution >= 4 is 44.2 Å². The van der Waals surface area contributed by atoms with Crippen molar-refractivity contribution in [1.82, 2.24) is 19.5 Å². The van der Waals surface area contributed by atoms with E-state index >= 15 is 0 Å². The van der Waals surface area contributed by atoms with Crippen LogP contribution in [0.25, 0.3) is 27.1 Å². The highest BCUT2D eigenvalue weighted by molar-refractivity contribution is 7.16. The van der Waals surface area contributed by atoms with E-state index in [1.54, 1.807) is 17.7 Å². The zero-order valence-electron chi connectivity index (χ0n) is 9.62. The van der Waals surface area contributed by atoms with Gasteiger partial charge in [0.1, 0.15) is 11.2 Å². The van der Waals surface area contributed by atoms with Gasteiger partial charge in [-0.2, -0.15) is 4.98 Å². The van der Waals surface area contributed by atoms with Gasteiger partial charge in [-0.1, -0.05) is 12.1 Å². The minimum absolute atomic E-state index is 0.253. The molecule has 92 valence electrons. The molecule has 4 rings (SSSR count). The average molecular weight is 287 g/mol. The number of thiophene rings is 1. The van der Waals surface area contributed by atoms with E-state index in [4.69, 9.17) is 11.6 Å². The van der Waals surface area contributed by atoms with E-state index in [2.05, 4.69) is 15.0 Å². The summed E-state index contributed by atoms with van der Waals surface area (Å²) in [6, 6.07) is 9.93. The Labute approximate surface area is 117 Å². The topological polar surface area (TPSA) is 43.6 Å². The molecule has 0 aliphatic heterocycles. The van der Waals surface area contributed by atoms with Gasteiger partial charge < -0.3 is 0 Å². The standard InChI is InChI=1S/C13H7ClN4S/c14-13-16-11(8-5-6-19-12(8)17-13)18-7-15-9-3-1-2-4-10(9)18/h1-7H. The Morgan fingerprint density at radius 2 is 2.00 bits per heavy atom. The number of benzene rings is 1. The first-order valence-corrected chi connectivity index (χ1v) is 6.92. The summed E-state index contributed by atoms with van der Waals surface area (Å²) in [6.07, 6.45) is 1.76. The highest BCUT2D eigenvalue weighted by Crippen LogP contribution is 2.27. The van der Waals surface area contributed by atoms with Crippen molar-refractivity contribution in [3.8, 4) is 5.82 Å². The Morgan fingerprint density at radius 3 is 2.95 bits per heavy atom. The number of aromatic nitrogens is 4. The number of rotatable bonds is 1. The fourth-order valence-electron chi connectivity index (χ4n) is 2.13. The lowest BCUT2D eigenvalue weighted by atomic mass is 10.3. The van der Waals surface area contributed by atoms with E-state index in [1.165, 1.54) is 0 Å². The lowest BCUT2D eigenvalue weighted by Crippen LogP contribution is -1.98. The van der Waals surface area contributed by atoms with Gasteiger partial charge in [0, 0.05) is 0 Å². The molecule has 19 heavy (non-hydrogen) atoms. The predicted molar refractivity (Wildman–Crippen MR) is 77.1 cm³/mol. The molecule has 0 N–H and O–H groups in total. The molecule has 0 unspecified atom stereocenters. The van der Waals surface area contributed by atoms with E-state index in [0.29, 0.717) is 0 Å². The zero-order chi connectivity index (χ0) is 12.8. The molecule has 3 aromatic heterocycles. The SMILES string of the molecule is Clc1nc(-n2cnc3ccccc32)c2ccsc2n1. The summed E-state index contributed by atoms with van der Waals surface area (Å²) in [6.45, 7) is 0. The van der Waals surface area contributed by atoms with E-state index < -0.39 is 0 Å². The molecule has 0 saturated carbocycles. The first kappa shape index (κ1) is 10.9. The van der Waals surface area contributed by atoms with E-state index in [1.807, 2.05) is 40.3 Å². The normalized spacial score (nSPS) is 11.4. The molecular weight excluding hydrogens is 280 g/mol. The van der Waals surface area contributed by atoms with Crippen molar-refractivity contribution in [2.75, 3.05) is 0 Å². The fraction of sp³-hybridized carbons (Fsp3) is 0. The van der Waals surface area contributed by atoms with Crippen LogP contribution in [-0.4, -0.2) is 19.5 Å². The molecule has 0 amide bonds. The number of hydrogen-bond donors (Lipinski definition) is 0. The summed E-state index contributed by atoms with van der Waals surface area (Å²) in [7, 11) is 0. The van der Waals surface area contributed by atoms with Crippen LogP contribution in [0.15, 0.2) is 42.0 Å². The smallest absolute Gasteiger partial charge is 0.225 e. The Morgan fingerprint density at radius 1 is 1.11 bits per heavy atom. The van der Waals surface area contributed by atoms with Gasteiger partial charge in [-0.15, -0.1) is 11.3 Å². The molecule has 0 bridgehead atoms. The average Bonchev–Trinajstić information content (AvgIpc) is 3.03. The van der Waals surface area contributed by atoms with Crippen molar-refractivity contribution in [3.05, 3.63) is 47.3 Å². The van der Waals surface area contributed by atoms with Crippen LogP contribution < -0.4 is 0 Å². The van der Waals surface area contributed by atoms with Gasteiger partial charge in [0.15, 0.2) is 5.82 Å². The van der Waals surface area contributed by atoms with Crippen LogP contribution >= 0.6 is 22.9 Å². The number of hydrogen-bond acceptors (Lipinski definition) is 4. The molecule has 0 aliphatic rings. The second-order valence-corrected chi connectivity index (χ2v) is 5.29. The van der Waals surface area contributed by atoms with Gasteiger partial charge >= 0.3 is 0 Å². The first-order chi connectivity index (χ1) is 9.33. The van der Waals surface area contributed by atoms with Crippen LogP contribution in [0.1, 0.15) is 0 Å². The van der Waals surface area contributed by atoms with Crippen molar-refractivity contribution in [2.45, 2.75) is 0 Å². The Balaban J connectivity index is 2.11. The summed E-state index contributed by atoms with van der Waals surface area (Å²) in [5, 5.41) is 3.22. The Hall–Kier alpha value is -1.98. The molecular formula is C13H7ClN4S. The molecule has 0 aliphatic carbocycles. The molecule has 4 aromatic rings. The number of fused-ring (bicyclic) bond motifs is 2. The minimum Gasteiger partial charge on any atom is -0.282 e. The number of halogens is 1. The Kier molecular flexibility index (Phi) is 2.30. The second kappa shape index (κ2) is 4.01. The van der Waals surface area contributed by atoms with Gasteiger partial charge in [0.2, 0.25) is 5.28 Å². The fourth-order valence-corrected chi connectivity index (χ4v) is 3.10. The summed E-state index contributed by atoms with van der Waals surface area (Å²) >= 11 is 7.55. The number of para-hydroxylation sites is 2. The molecule has 3 heterocycles. The van der Waals surface area contributed by atoms with Gasteiger partial charge in [0.25, 0.3) is 0 Å². The third-order valence-electron chi connectivity index (χ3n) is 2.96. The summed E-state index contributed by atoms with van der Waals surface area (Å²) in [4.78, 5) is 13.8. The second-order valence-electron chi connectivity index (χ2n) is 4.06. The summed E-state index contributed by atoms with van der Waals surface area (Å²) < 4.78 is 1.94. The summed E-state index contributed by atoms with van der Waals surface area (Å²) in [5.74, 6) is 0.768. The van der Waals surface area contributed by atoms with Gasteiger partial charge in [0.05, 0.1) is 16.4 Å². The van der Waals surface area contributed by atoms with Crippen LogP contribution in [0, 0.1) is 0 Å². The molecule has 4 nitrogen and oxygen atoms in total. The summed E-state index contributed by atoms with van der Waals surface area (Å²) in [5.41, 5.74) is 1.94. The van der Waals surface area contributed by atoms with Crippen LogP contribution in [0.2, 0.25) is 5.28 Å². The van der Waals surface area contributed by atoms with E-state index in [0.717, 1.165) is 27.1 Å². The van der Waals surface area contributed by atoms with E-state index in [9.17, 15) is 0 Å². The van der Waals surface area contributed by atoms with Gasteiger partial charge in [-0.05, 0) is 35.2 Å². The van der Waals surface area contributed by atoms with E-state index in [-0.39, 0.29) is 5.28 Å². The highest BCUT2D eigenvalue weighted by Gasteiger charge is 2.12. The van der Waals surface area contributed by atoms with Gasteiger partial charge in [-0.25, -0.2) is 9.97 Å². The molecule has 0 saturated heterocycles. The maximum absolute atomic E-state index is 6.00. The maximum Gasteiger partial charge on any atom is 0.225 e. The largest absolute Gasteiger partial charge is 0.282 e. The van der Waals surface area contributed by atoms with Crippen molar-refractivity contribution in [3.63, 3.8) is 0 Å². The molecule has 0 radical (unpaired) electrons. The van der Waals surface area contributed by atoms with Crippen molar-refractivity contribution in [2.24, 2.45) is 0 Å². The maximum atomic E-state index is 6.00. The predicted octanol–water partition coefficient (Wildman–Crippen LogP) is 3.68. The van der Waals surface area contributed by atoms with Crippen LogP contribution in [-0.2, 0) is 0 Å². The lowest BCUT2D eigenvalue weighted by molar-refractivity contribution is 1.02. The molecule has 6 heteroatoms. The molecule has 0 fully saturated rings. The lowest BCUT2D eigenvalue weighted by Gasteiger charge is -2.05. The number of nitrogens with zero attached hydrogens (tertiary/aromatic N) is 4. The van der Waals surface area contributed by atoms with Crippen molar-refractivity contribution in [1.29, 1.82) is 0 Å². The Bertz CT molecular complexity index is 896. The zero-order valence-corrected chi connectivity index (χ0v) is 11.2. The minimum atomic E-state index is 0.253. The number of imidazole rings is 1. The molecule has 0 spiro atoms. The van der Waals surface area contributed by atoms with Crippen LogP contribution in [0.3, 0.4) is 0 Å². The third kappa shape index (κ3) is 1.63. The third-order valence-corrected chi connectivity index (χ3v) is 3.94. The van der Waals surface area contributed by atoms with Gasteiger partial charge in [-0.3, -0.25) is 4.57 Å². The monoisotopic (exact) mass is 286 g/mol. The quantitative estimate of drug-likeness (QED) is 0.501. The molecule has 1 aromatic carbocycles. The first-order valence-electron chi connectivity index (χ1n) is 5.66. The van der Waals surface area contributed by atoms with Crippen molar-refractivity contribution < 1.29 is 0 Å².